The Kier molecular flexibility index (Phi) is 7.50. The van der Waals surface area contributed by atoms with Crippen molar-refractivity contribution in [1.82, 2.24) is 10.3 Å². The highest BCUT2D eigenvalue weighted by Crippen LogP contribution is 2.05. The summed E-state index contributed by atoms with van der Waals surface area (Å²) in [5.41, 5.74) is 6.64. The zero-order valence-electron chi connectivity index (χ0n) is 10.2. The number of rotatable bonds is 5. The van der Waals surface area contributed by atoms with Gasteiger partial charge in [0.05, 0.1) is 18.3 Å². The van der Waals surface area contributed by atoms with Crippen molar-refractivity contribution in [3.8, 4) is 0 Å². The van der Waals surface area contributed by atoms with E-state index in [1.807, 2.05) is 32.0 Å². The van der Waals surface area contributed by atoms with Crippen LogP contribution in [0.5, 0.6) is 0 Å². The van der Waals surface area contributed by atoms with Crippen molar-refractivity contribution >= 4 is 18.3 Å². The second kappa shape index (κ2) is 8.03. The molecule has 1 aromatic heterocycles. The summed E-state index contributed by atoms with van der Waals surface area (Å²) in [4.78, 5) is 15.8. The van der Waals surface area contributed by atoms with Crippen LogP contribution in [-0.4, -0.2) is 16.9 Å². The van der Waals surface area contributed by atoms with E-state index in [1.54, 1.807) is 6.20 Å². The van der Waals surface area contributed by atoms with Gasteiger partial charge in [-0.1, -0.05) is 26.3 Å². The fourth-order valence-corrected chi connectivity index (χ4v) is 1.31. The molecule has 0 radical (unpaired) electrons. The van der Waals surface area contributed by atoms with Crippen molar-refractivity contribution in [2.24, 2.45) is 11.7 Å². The van der Waals surface area contributed by atoms with E-state index >= 15 is 0 Å². The summed E-state index contributed by atoms with van der Waals surface area (Å²) in [6.45, 7) is 4.44. The Morgan fingerprint density at radius 2 is 2.24 bits per heavy atom. The largest absolute Gasteiger partial charge is 0.349 e. The van der Waals surface area contributed by atoms with Crippen molar-refractivity contribution in [1.29, 1.82) is 0 Å². The molecule has 2 atom stereocenters. The van der Waals surface area contributed by atoms with Crippen LogP contribution in [0, 0.1) is 5.92 Å². The SMILES string of the molecule is CCC(C)C(N)C(=O)NCc1ccccn1.Cl. The maximum absolute atomic E-state index is 11.7. The fraction of sp³-hybridized carbons (Fsp3) is 0.500. The molecular formula is C12H20ClN3O. The maximum Gasteiger partial charge on any atom is 0.237 e. The molecule has 0 saturated heterocycles. The van der Waals surface area contributed by atoms with Crippen LogP contribution in [0.15, 0.2) is 24.4 Å². The molecule has 0 aromatic carbocycles. The standard InChI is InChI=1S/C12H19N3O.ClH/c1-3-9(2)11(13)12(16)15-8-10-6-4-5-7-14-10;/h4-7,9,11H,3,8,13H2,1-2H3,(H,15,16);1H. The molecule has 5 heteroatoms. The molecular weight excluding hydrogens is 238 g/mol. The number of nitrogens with one attached hydrogen (secondary N) is 1. The first-order valence-corrected chi connectivity index (χ1v) is 5.58. The van der Waals surface area contributed by atoms with E-state index in [0.29, 0.717) is 6.54 Å². The van der Waals surface area contributed by atoms with Crippen LogP contribution in [0.25, 0.3) is 0 Å². The normalized spacial score (nSPS) is 13.4. The first-order valence-electron chi connectivity index (χ1n) is 5.58. The number of hydrogen-bond acceptors (Lipinski definition) is 3. The topological polar surface area (TPSA) is 68.0 Å². The van der Waals surface area contributed by atoms with E-state index in [-0.39, 0.29) is 24.2 Å². The van der Waals surface area contributed by atoms with Crippen LogP contribution in [0.3, 0.4) is 0 Å². The molecule has 1 rings (SSSR count). The van der Waals surface area contributed by atoms with Crippen molar-refractivity contribution in [3.63, 3.8) is 0 Å². The van der Waals surface area contributed by atoms with E-state index < -0.39 is 6.04 Å². The molecule has 96 valence electrons. The van der Waals surface area contributed by atoms with Gasteiger partial charge in [0.15, 0.2) is 0 Å². The highest BCUT2D eigenvalue weighted by molar-refractivity contribution is 5.85. The fourth-order valence-electron chi connectivity index (χ4n) is 1.31. The van der Waals surface area contributed by atoms with Gasteiger partial charge in [-0.05, 0) is 18.1 Å². The minimum absolute atomic E-state index is 0. The number of nitrogens with zero attached hydrogens (tertiary/aromatic N) is 1. The lowest BCUT2D eigenvalue weighted by molar-refractivity contribution is -0.123. The zero-order chi connectivity index (χ0) is 12.0. The number of hydrogen-bond donors (Lipinski definition) is 2. The molecule has 0 aliphatic carbocycles. The number of aromatic nitrogens is 1. The summed E-state index contributed by atoms with van der Waals surface area (Å²) in [5.74, 6) is 0.0868. The molecule has 4 nitrogen and oxygen atoms in total. The molecule has 0 spiro atoms. The van der Waals surface area contributed by atoms with E-state index in [4.69, 9.17) is 5.73 Å². The summed E-state index contributed by atoms with van der Waals surface area (Å²) in [5, 5.41) is 2.79. The third kappa shape index (κ3) is 5.15. The van der Waals surface area contributed by atoms with Crippen LogP contribution >= 0.6 is 12.4 Å². The number of carbonyl (C=O) groups is 1. The predicted molar refractivity (Wildman–Crippen MR) is 70.8 cm³/mol. The van der Waals surface area contributed by atoms with Gasteiger partial charge < -0.3 is 11.1 Å². The Morgan fingerprint density at radius 3 is 2.76 bits per heavy atom. The molecule has 1 amide bonds. The summed E-state index contributed by atoms with van der Waals surface area (Å²) in [6.07, 6.45) is 2.61. The van der Waals surface area contributed by atoms with Gasteiger partial charge in [-0.25, -0.2) is 0 Å². The van der Waals surface area contributed by atoms with Gasteiger partial charge in [0.2, 0.25) is 5.91 Å². The number of pyridine rings is 1. The first kappa shape index (κ1) is 15.9. The highest BCUT2D eigenvalue weighted by Gasteiger charge is 2.18. The number of nitrogens with two attached hydrogens (primary N) is 1. The van der Waals surface area contributed by atoms with Crippen LogP contribution in [0.4, 0.5) is 0 Å². The minimum Gasteiger partial charge on any atom is -0.349 e. The Balaban J connectivity index is 0.00000256. The van der Waals surface area contributed by atoms with Gasteiger partial charge in [0, 0.05) is 6.20 Å². The average molecular weight is 258 g/mol. The Labute approximate surface area is 108 Å². The highest BCUT2D eigenvalue weighted by atomic mass is 35.5. The summed E-state index contributed by atoms with van der Waals surface area (Å²) in [7, 11) is 0. The van der Waals surface area contributed by atoms with Gasteiger partial charge in [0.1, 0.15) is 0 Å². The number of halogens is 1. The summed E-state index contributed by atoms with van der Waals surface area (Å²) >= 11 is 0. The van der Waals surface area contributed by atoms with Crippen molar-refractivity contribution in [3.05, 3.63) is 30.1 Å². The van der Waals surface area contributed by atoms with Crippen LogP contribution in [-0.2, 0) is 11.3 Å². The monoisotopic (exact) mass is 257 g/mol. The number of amides is 1. The van der Waals surface area contributed by atoms with Gasteiger partial charge in [0.25, 0.3) is 0 Å². The average Bonchev–Trinajstić information content (AvgIpc) is 2.35. The Morgan fingerprint density at radius 1 is 1.53 bits per heavy atom. The quantitative estimate of drug-likeness (QED) is 0.840. The predicted octanol–water partition coefficient (Wildman–Crippen LogP) is 1.49. The second-order valence-corrected chi connectivity index (χ2v) is 3.95. The van der Waals surface area contributed by atoms with Crippen LogP contribution in [0.2, 0.25) is 0 Å². The molecule has 2 unspecified atom stereocenters. The molecule has 1 aromatic rings. The number of carbonyl (C=O) groups excluding carboxylic acids is 1. The lowest BCUT2D eigenvalue weighted by Crippen LogP contribution is -2.44. The smallest absolute Gasteiger partial charge is 0.237 e. The first-order chi connectivity index (χ1) is 7.65. The lowest BCUT2D eigenvalue weighted by Gasteiger charge is -2.17. The third-order valence-corrected chi connectivity index (χ3v) is 2.73. The van der Waals surface area contributed by atoms with Gasteiger partial charge in [-0.3, -0.25) is 9.78 Å². The van der Waals surface area contributed by atoms with Crippen LogP contribution in [0.1, 0.15) is 26.0 Å². The molecule has 1 heterocycles. The third-order valence-electron chi connectivity index (χ3n) is 2.73. The summed E-state index contributed by atoms with van der Waals surface area (Å²) in [6, 6.07) is 5.17. The van der Waals surface area contributed by atoms with E-state index in [0.717, 1.165) is 12.1 Å². The molecule has 0 aliphatic rings. The summed E-state index contributed by atoms with van der Waals surface area (Å²) < 4.78 is 0. The second-order valence-electron chi connectivity index (χ2n) is 3.95. The van der Waals surface area contributed by atoms with Crippen molar-refractivity contribution in [2.45, 2.75) is 32.9 Å². The van der Waals surface area contributed by atoms with Crippen molar-refractivity contribution in [2.75, 3.05) is 0 Å². The molecule has 0 fully saturated rings. The molecule has 0 saturated carbocycles. The van der Waals surface area contributed by atoms with Gasteiger partial charge >= 0.3 is 0 Å². The van der Waals surface area contributed by atoms with Gasteiger partial charge in [-0.15, -0.1) is 12.4 Å². The zero-order valence-corrected chi connectivity index (χ0v) is 11.0. The molecule has 0 bridgehead atoms. The lowest BCUT2D eigenvalue weighted by atomic mass is 9.99. The molecule has 17 heavy (non-hydrogen) atoms. The van der Waals surface area contributed by atoms with Crippen molar-refractivity contribution < 1.29 is 4.79 Å². The Hall–Kier alpha value is -1.13. The minimum atomic E-state index is -0.436. The maximum atomic E-state index is 11.7. The van der Waals surface area contributed by atoms with E-state index in [2.05, 4.69) is 10.3 Å². The molecule has 3 N–H and O–H groups in total. The van der Waals surface area contributed by atoms with E-state index in [1.165, 1.54) is 0 Å². The van der Waals surface area contributed by atoms with Gasteiger partial charge in [-0.2, -0.15) is 0 Å². The Bertz CT molecular complexity index is 332. The van der Waals surface area contributed by atoms with Crippen LogP contribution < -0.4 is 11.1 Å². The molecule has 0 aliphatic heterocycles. The van der Waals surface area contributed by atoms with E-state index in [9.17, 15) is 4.79 Å².